The van der Waals surface area contributed by atoms with Crippen molar-refractivity contribution in [3.63, 3.8) is 0 Å². The van der Waals surface area contributed by atoms with Crippen LogP contribution in [0.4, 0.5) is 0 Å². The third kappa shape index (κ3) is 2.49. The van der Waals surface area contributed by atoms with Crippen molar-refractivity contribution in [1.82, 2.24) is 4.98 Å². The first kappa shape index (κ1) is 12.1. The molecule has 0 atom stereocenters. The Bertz CT molecular complexity index is 533. The maximum absolute atomic E-state index is 4.75. The van der Waals surface area contributed by atoms with E-state index in [1.807, 2.05) is 0 Å². The molecular weight excluding hydrogens is 206 g/mol. The van der Waals surface area contributed by atoms with Crippen LogP contribution in [0.5, 0.6) is 0 Å². The van der Waals surface area contributed by atoms with E-state index in [-0.39, 0.29) is 5.41 Å². The van der Waals surface area contributed by atoms with Crippen molar-refractivity contribution in [2.75, 3.05) is 0 Å². The van der Waals surface area contributed by atoms with Crippen molar-refractivity contribution in [2.45, 2.75) is 46.0 Å². The van der Waals surface area contributed by atoms with Gasteiger partial charge in [0.15, 0.2) is 0 Å². The van der Waals surface area contributed by atoms with E-state index in [0.717, 1.165) is 11.2 Å². The lowest BCUT2D eigenvalue weighted by Gasteiger charge is -2.18. The minimum Gasteiger partial charge on any atom is -0.252 e. The lowest BCUT2D eigenvalue weighted by atomic mass is 9.91. The minimum absolute atomic E-state index is 0.116. The molecule has 0 aliphatic rings. The standard InChI is InChI=1S/C16H21N/c1-11(2)12-6-8-14-13(10-12)7-9-15(17-14)16(3,4)5/h6-11H,1-5H3. The number of benzene rings is 1. The summed E-state index contributed by atoms with van der Waals surface area (Å²) in [6.07, 6.45) is 0. The van der Waals surface area contributed by atoms with Gasteiger partial charge in [-0.05, 0) is 29.7 Å². The summed E-state index contributed by atoms with van der Waals surface area (Å²) in [5.74, 6) is 0.571. The second-order valence-electron chi connectivity index (χ2n) is 6.05. The summed E-state index contributed by atoms with van der Waals surface area (Å²) in [5, 5.41) is 1.24. The molecule has 1 aromatic carbocycles. The van der Waals surface area contributed by atoms with Crippen LogP contribution in [-0.4, -0.2) is 4.98 Å². The number of rotatable bonds is 1. The van der Waals surface area contributed by atoms with E-state index in [0.29, 0.717) is 5.92 Å². The quantitative estimate of drug-likeness (QED) is 0.690. The van der Waals surface area contributed by atoms with E-state index in [1.54, 1.807) is 0 Å². The zero-order chi connectivity index (χ0) is 12.6. The number of pyridine rings is 1. The Hall–Kier alpha value is -1.37. The Balaban J connectivity index is 2.54. The van der Waals surface area contributed by atoms with Crippen LogP contribution in [0.3, 0.4) is 0 Å². The highest BCUT2D eigenvalue weighted by molar-refractivity contribution is 5.79. The summed E-state index contributed by atoms with van der Waals surface area (Å²) in [4.78, 5) is 4.75. The van der Waals surface area contributed by atoms with Crippen LogP contribution in [0.25, 0.3) is 10.9 Å². The second-order valence-corrected chi connectivity index (χ2v) is 6.05. The topological polar surface area (TPSA) is 12.9 Å². The molecule has 2 aromatic rings. The van der Waals surface area contributed by atoms with E-state index in [4.69, 9.17) is 4.98 Å². The lowest BCUT2D eigenvalue weighted by Crippen LogP contribution is -2.13. The van der Waals surface area contributed by atoms with Crippen LogP contribution in [0, 0.1) is 0 Å². The van der Waals surface area contributed by atoms with Gasteiger partial charge in [-0.1, -0.05) is 46.8 Å². The highest BCUT2D eigenvalue weighted by atomic mass is 14.7. The maximum atomic E-state index is 4.75. The Morgan fingerprint density at radius 1 is 1.00 bits per heavy atom. The van der Waals surface area contributed by atoms with Gasteiger partial charge in [-0.3, -0.25) is 4.98 Å². The van der Waals surface area contributed by atoms with Gasteiger partial charge in [-0.2, -0.15) is 0 Å². The fourth-order valence-electron chi connectivity index (χ4n) is 1.92. The van der Waals surface area contributed by atoms with Gasteiger partial charge in [0.1, 0.15) is 0 Å². The molecule has 0 N–H and O–H groups in total. The summed E-state index contributed by atoms with van der Waals surface area (Å²) >= 11 is 0. The van der Waals surface area contributed by atoms with Gasteiger partial charge in [0, 0.05) is 16.5 Å². The van der Waals surface area contributed by atoms with Crippen LogP contribution in [0.15, 0.2) is 30.3 Å². The minimum atomic E-state index is 0.116. The molecule has 0 aliphatic carbocycles. The summed E-state index contributed by atoms with van der Waals surface area (Å²) in [6.45, 7) is 11.0. The lowest BCUT2D eigenvalue weighted by molar-refractivity contribution is 0.571. The third-order valence-electron chi connectivity index (χ3n) is 3.15. The van der Waals surface area contributed by atoms with E-state index in [1.165, 1.54) is 10.9 Å². The molecule has 0 saturated heterocycles. The fourth-order valence-corrected chi connectivity index (χ4v) is 1.92. The smallest absolute Gasteiger partial charge is 0.0705 e. The van der Waals surface area contributed by atoms with Crippen LogP contribution in [0.2, 0.25) is 0 Å². The Morgan fingerprint density at radius 3 is 2.29 bits per heavy atom. The largest absolute Gasteiger partial charge is 0.252 e. The van der Waals surface area contributed by atoms with Gasteiger partial charge in [-0.15, -0.1) is 0 Å². The first-order valence-electron chi connectivity index (χ1n) is 6.29. The van der Waals surface area contributed by atoms with Gasteiger partial charge < -0.3 is 0 Å². The van der Waals surface area contributed by atoms with Crippen molar-refractivity contribution in [2.24, 2.45) is 0 Å². The van der Waals surface area contributed by atoms with Crippen molar-refractivity contribution >= 4 is 10.9 Å². The Kier molecular flexibility index (Phi) is 2.94. The maximum Gasteiger partial charge on any atom is 0.0705 e. The normalized spacial score (nSPS) is 12.4. The Labute approximate surface area is 104 Å². The third-order valence-corrected chi connectivity index (χ3v) is 3.15. The molecule has 1 heteroatoms. The Morgan fingerprint density at radius 2 is 1.71 bits per heavy atom. The van der Waals surface area contributed by atoms with Crippen LogP contribution < -0.4 is 0 Å². The molecule has 2 rings (SSSR count). The SMILES string of the molecule is CC(C)c1ccc2nc(C(C)(C)C)ccc2c1. The van der Waals surface area contributed by atoms with Crippen LogP contribution in [0.1, 0.15) is 51.8 Å². The first-order valence-corrected chi connectivity index (χ1v) is 6.29. The van der Waals surface area contributed by atoms with Gasteiger partial charge in [-0.25, -0.2) is 0 Å². The van der Waals surface area contributed by atoms with Crippen LogP contribution >= 0.6 is 0 Å². The van der Waals surface area contributed by atoms with E-state index in [2.05, 4.69) is 65.0 Å². The summed E-state index contributed by atoms with van der Waals surface area (Å²) in [7, 11) is 0. The summed E-state index contributed by atoms with van der Waals surface area (Å²) in [5.41, 5.74) is 3.75. The number of fused-ring (bicyclic) bond motifs is 1. The van der Waals surface area contributed by atoms with Crippen LogP contribution in [-0.2, 0) is 5.41 Å². The molecule has 0 radical (unpaired) electrons. The van der Waals surface area contributed by atoms with Gasteiger partial charge in [0.2, 0.25) is 0 Å². The number of nitrogens with zero attached hydrogens (tertiary/aromatic N) is 1. The summed E-state index contributed by atoms with van der Waals surface area (Å²) < 4.78 is 0. The predicted octanol–water partition coefficient (Wildman–Crippen LogP) is 4.66. The van der Waals surface area contributed by atoms with Gasteiger partial charge in [0.25, 0.3) is 0 Å². The predicted molar refractivity (Wildman–Crippen MR) is 74.5 cm³/mol. The number of hydrogen-bond donors (Lipinski definition) is 0. The molecule has 0 bridgehead atoms. The second kappa shape index (κ2) is 4.14. The van der Waals surface area contributed by atoms with E-state index < -0.39 is 0 Å². The fraction of sp³-hybridized carbons (Fsp3) is 0.438. The molecule has 0 saturated carbocycles. The number of hydrogen-bond acceptors (Lipinski definition) is 1. The molecule has 0 amide bonds. The molecule has 0 aliphatic heterocycles. The molecule has 17 heavy (non-hydrogen) atoms. The molecule has 90 valence electrons. The van der Waals surface area contributed by atoms with Gasteiger partial charge in [0.05, 0.1) is 5.52 Å². The number of aromatic nitrogens is 1. The van der Waals surface area contributed by atoms with E-state index in [9.17, 15) is 0 Å². The van der Waals surface area contributed by atoms with Gasteiger partial charge >= 0.3 is 0 Å². The average Bonchev–Trinajstić information content (AvgIpc) is 2.26. The monoisotopic (exact) mass is 227 g/mol. The highest BCUT2D eigenvalue weighted by Gasteiger charge is 2.15. The first-order chi connectivity index (χ1) is 7.88. The molecule has 0 unspecified atom stereocenters. The van der Waals surface area contributed by atoms with Crippen molar-refractivity contribution in [3.05, 3.63) is 41.6 Å². The molecular formula is C16H21N. The molecule has 0 spiro atoms. The zero-order valence-corrected chi connectivity index (χ0v) is 11.4. The van der Waals surface area contributed by atoms with Crippen molar-refractivity contribution in [3.8, 4) is 0 Å². The van der Waals surface area contributed by atoms with Crippen molar-refractivity contribution in [1.29, 1.82) is 0 Å². The average molecular weight is 227 g/mol. The highest BCUT2D eigenvalue weighted by Crippen LogP contribution is 2.25. The molecule has 1 nitrogen and oxygen atoms in total. The zero-order valence-electron chi connectivity index (χ0n) is 11.4. The van der Waals surface area contributed by atoms with E-state index >= 15 is 0 Å². The molecule has 1 aromatic heterocycles. The summed E-state index contributed by atoms with van der Waals surface area (Å²) in [6, 6.07) is 10.9. The van der Waals surface area contributed by atoms with Crippen molar-refractivity contribution < 1.29 is 0 Å². The molecule has 0 fully saturated rings. The molecule has 1 heterocycles.